The Balaban J connectivity index is 2.85. The van der Waals surface area contributed by atoms with Gasteiger partial charge in [0.2, 0.25) is 0 Å². The van der Waals surface area contributed by atoms with Gasteiger partial charge < -0.3 is 5.73 Å². The van der Waals surface area contributed by atoms with Crippen LogP contribution in [0.3, 0.4) is 0 Å². The summed E-state index contributed by atoms with van der Waals surface area (Å²) in [6.45, 7) is 0. The van der Waals surface area contributed by atoms with E-state index in [4.69, 9.17) is 5.73 Å². The quantitative estimate of drug-likeness (QED) is 0.752. The van der Waals surface area contributed by atoms with Gasteiger partial charge in [0.05, 0.1) is 0 Å². The molecule has 2 aromatic heterocycles. The zero-order valence-corrected chi connectivity index (χ0v) is 9.24. The lowest BCUT2D eigenvalue weighted by Gasteiger charge is -2.05. The highest BCUT2D eigenvalue weighted by molar-refractivity contribution is 14.1. The molecule has 0 aliphatic rings. The van der Waals surface area contributed by atoms with Crippen molar-refractivity contribution in [2.45, 2.75) is 6.18 Å². The molecule has 4 nitrogen and oxygen atoms in total. The van der Waals surface area contributed by atoms with Gasteiger partial charge in [-0.05, 0) is 28.7 Å². The van der Waals surface area contributed by atoms with Crippen molar-refractivity contribution in [3.63, 3.8) is 0 Å². The molecule has 0 spiro atoms. The first-order valence-electron chi connectivity index (χ1n) is 3.76. The second-order valence-corrected chi connectivity index (χ2v) is 3.94. The van der Waals surface area contributed by atoms with E-state index in [-0.39, 0.29) is 11.3 Å². The Morgan fingerprint density at radius 2 is 2.07 bits per heavy atom. The summed E-state index contributed by atoms with van der Waals surface area (Å²) in [7, 11) is 0. The Labute approximate surface area is 95.4 Å². The van der Waals surface area contributed by atoms with Crippen molar-refractivity contribution in [1.82, 2.24) is 14.6 Å². The van der Waals surface area contributed by atoms with E-state index in [1.807, 2.05) is 0 Å². The van der Waals surface area contributed by atoms with Gasteiger partial charge in [-0.15, -0.1) is 0 Å². The lowest BCUT2D eigenvalue weighted by atomic mass is 10.4. The van der Waals surface area contributed by atoms with Gasteiger partial charge in [0.25, 0.3) is 0 Å². The second-order valence-electron chi connectivity index (χ2n) is 2.78. The summed E-state index contributed by atoms with van der Waals surface area (Å²) in [4.78, 5) is 3.64. The molecule has 0 unspecified atom stereocenters. The third-order valence-corrected chi connectivity index (χ3v) is 2.65. The summed E-state index contributed by atoms with van der Waals surface area (Å²) >= 11 is 1.76. The van der Waals surface area contributed by atoms with Gasteiger partial charge in [-0.25, -0.2) is 9.50 Å². The van der Waals surface area contributed by atoms with Gasteiger partial charge in [-0.3, -0.25) is 0 Å². The van der Waals surface area contributed by atoms with Gasteiger partial charge >= 0.3 is 6.18 Å². The van der Waals surface area contributed by atoms with Crippen molar-refractivity contribution in [1.29, 1.82) is 0 Å². The number of hydrogen-bond acceptors (Lipinski definition) is 3. The SMILES string of the molecule is Nc1ncnn2c(C(F)(F)F)cc(I)c12. The van der Waals surface area contributed by atoms with Gasteiger partial charge in [0, 0.05) is 3.57 Å². The number of nitrogens with two attached hydrogens (primary N) is 1. The van der Waals surface area contributed by atoms with Gasteiger partial charge in [0.1, 0.15) is 17.5 Å². The van der Waals surface area contributed by atoms with E-state index in [0.717, 1.165) is 16.9 Å². The number of nitrogen functional groups attached to an aromatic ring is 1. The number of hydrogen-bond donors (Lipinski definition) is 1. The summed E-state index contributed by atoms with van der Waals surface area (Å²) in [5.41, 5.74) is 4.80. The molecule has 2 heterocycles. The van der Waals surface area contributed by atoms with E-state index in [1.54, 1.807) is 22.6 Å². The molecule has 0 atom stereocenters. The number of rotatable bonds is 0. The molecule has 0 fully saturated rings. The highest BCUT2D eigenvalue weighted by Crippen LogP contribution is 2.33. The lowest BCUT2D eigenvalue weighted by Crippen LogP contribution is -2.11. The molecule has 2 rings (SSSR count). The molecule has 2 aromatic rings. The Bertz CT molecular complexity index is 519. The predicted octanol–water partition coefficient (Wildman–Crippen LogP) is 1.93. The first-order chi connectivity index (χ1) is 6.91. The molecule has 0 amide bonds. The van der Waals surface area contributed by atoms with Gasteiger partial charge in [-0.1, -0.05) is 0 Å². The third kappa shape index (κ3) is 1.62. The molecule has 0 saturated carbocycles. The Hall–Kier alpha value is -1.06. The van der Waals surface area contributed by atoms with E-state index in [2.05, 4.69) is 10.1 Å². The second kappa shape index (κ2) is 3.22. The minimum absolute atomic E-state index is 0.0323. The first-order valence-corrected chi connectivity index (χ1v) is 4.84. The molecule has 2 N–H and O–H groups in total. The fraction of sp³-hybridized carbons (Fsp3) is 0.143. The molecule has 15 heavy (non-hydrogen) atoms. The van der Waals surface area contributed by atoms with Crippen LogP contribution in [0.15, 0.2) is 12.4 Å². The first kappa shape index (κ1) is 10.5. The van der Waals surface area contributed by atoms with Crippen LogP contribution < -0.4 is 5.73 Å². The van der Waals surface area contributed by atoms with E-state index in [0.29, 0.717) is 3.57 Å². The average molecular weight is 328 g/mol. The Kier molecular flexibility index (Phi) is 2.24. The van der Waals surface area contributed by atoms with Crippen LogP contribution in [0.2, 0.25) is 0 Å². The zero-order valence-electron chi connectivity index (χ0n) is 7.09. The number of aromatic nitrogens is 3. The van der Waals surface area contributed by atoms with E-state index < -0.39 is 11.9 Å². The number of halogens is 4. The largest absolute Gasteiger partial charge is 0.433 e. The average Bonchev–Trinajstić information content (AvgIpc) is 2.44. The molecular weight excluding hydrogens is 324 g/mol. The predicted molar refractivity (Wildman–Crippen MR) is 55.1 cm³/mol. The van der Waals surface area contributed by atoms with E-state index in [1.165, 1.54) is 0 Å². The highest BCUT2D eigenvalue weighted by atomic mass is 127. The summed E-state index contributed by atoms with van der Waals surface area (Å²) in [5.74, 6) is 0.0323. The topological polar surface area (TPSA) is 56.2 Å². The standard InChI is InChI=1S/C7H4F3IN4/c8-7(9,10)4-1-3(11)5-6(12)13-2-14-15(4)5/h1-2H,(H2,12,13,14). The van der Waals surface area contributed by atoms with Crippen molar-refractivity contribution in [3.8, 4) is 0 Å². The van der Waals surface area contributed by atoms with Crippen molar-refractivity contribution < 1.29 is 13.2 Å². The van der Waals surface area contributed by atoms with E-state index >= 15 is 0 Å². The van der Waals surface area contributed by atoms with Crippen LogP contribution in [0.25, 0.3) is 5.52 Å². The normalized spacial score (nSPS) is 12.3. The highest BCUT2D eigenvalue weighted by Gasteiger charge is 2.35. The smallest absolute Gasteiger partial charge is 0.382 e. The number of fused-ring (bicyclic) bond motifs is 1. The minimum atomic E-state index is -4.45. The molecule has 0 aliphatic heterocycles. The number of alkyl halides is 3. The van der Waals surface area contributed by atoms with Crippen molar-refractivity contribution >= 4 is 33.9 Å². The van der Waals surface area contributed by atoms with Crippen LogP contribution in [0.4, 0.5) is 19.0 Å². The third-order valence-electron chi connectivity index (χ3n) is 1.83. The molecule has 80 valence electrons. The molecular formula is C7H4F3IN4. The van der Waals surface area contributed by atoms with Gasteiger partial charge in [-0.2, -0.15) is 18.3 Å². The summed E-state index contributed by atoms with van der Waals surface area (Å²) in [6.07, 6.45) is -3.46. The molecule has 0 radical (unpaired) electrons. The van der Waals surface area contributed by atoms with Gasteiger partial charge in [0.15, 0.2) is 5.82 Å². The van der Waals surface area contributed by atoms with Crippen LogP contribution in [0, 0.1) is 3.57 Å². The zero-order chi connectivity index (χ0) is 11.2. The fourth-order valence-electron chi connectivity index (χ4n) is 1.22. The van der Waals surface area contributed by atoms with Crippen LogP contribution in [-0.2, 0) is 6.18 Å². The monoisotopic (exact) mass is 328 g/mol. The molecule has 0 aromatic carbocycles. The lowest BCUT2D eigenvalue weighted by molar-refractivity contribution is -0.142. The van der Waals surface area contributed by atoms with Crippen molar-refractivity contribution in [2.75, 3.05) is 5.73 Å². The summed E-state index contributed by atoms with van der Waals surface area (Å²) in [6, 6.07) is 0.987. The van der Waals surface area contributed by atoms with Crippen molar-refractivity contribution in [2.24, 2.45) is 0 Å². The summed E-state index contributed by atoms with van der Waals surface area (Å²) < 4.78 is 38.7. The molecule has 0 saturated heterocycles. The van der Waals surface area contributed by atoms with Crippen LogP contribution in [0.1, 0.15) is 5.69 Å². The minimum Gasteiger partial charge on any atom is -0.382 e. The molecule has 8 heteroatoms. The fourth-order valence-corrected chi connectivity index (χ4v) is 2.02. The Morgan fingerprint density at radius 3 is 2.67 bits per heavy atom. The molecule has 0 bridgehead atoms. The maximum absolute atomic E-state index is 12.5. The number of nitrogens with zero attached hydrogens (tertiary/aromatic N) is 3. The molecule has 0 aliphatic carbocycles. The van der Waals surface area contributed by atoms with Crippen LogP contribution >= 0.6 is 22.6 Å². The maximum Gasteiger partial charge on any atom is 0.433 e. The summed E-state index contributed by atoms with van der Waals surface area (Å²) in [5, 5.41) is 3.53. The Morgan fingerprint density at radius 1 is 1.40 bits per heavy atom. The van der Waals surface area contributed by atoms with Crippen molar-refractivity contribution in [3.05, 3.63) is 21.7 Å². The van der Waals surface area contributed by atoms with E-state index in [9.17, 15) is 13.2 Å². The van der Waals surface area contributed by atoms with Crippen LogP contribution in [-0.4, -0.2) is 14.6 Å². The number of anilines is 1. The maximum atomic E-state index is 12.5. The van der Waals surface area contributed by atoms with Crippen LogP contribution in [0.5, 0.6) is 0 Å².